The first kappa shape index (κ1) is 11.7. The lowest BCUT2D eigenvalue weighted by Crippen LogP contribution is -1.86. The smallest absolute Gasteiger partial charge is 0.0992 e. The number of hydrogen-bond donors (Lipinski definition) is 1. The van der Waals surface area contributed by atoms with Crippen LogP contribution in [0.1, 0.15) is 11.1 Å². The Morgan fingerprint density at radius 3 is 2.71 bits per heavy atom. The average Bonchev–Trinajstić information content (AvgIpc) is 2.39. The molecular weight excluding hydrogens is 230 g/mol. The summed E-state index contributed by atoms with van der Waals surface area (Å²) < 4.78 is 0. The summed E-state index contributed by atoms with van der Waals surface area (Å²) >= 11 is 1.56. The molecule has 1 N–H and O–H groups in total. The Morgan fingerprint density at radius 1 is 1.12 bits per heavy atom. The van der Waals surface area contributed by atoms with E-state index in [9.17, 15) is 5.11 Å². The Balaban J connectivity index is 2.28. The summed E-state index contributed by atoms with van der Waals surface area (Å²) in [5.41, 5.74) is 1.55. The zero-order chi connectivity index (χ0) is 12.1. The van der Waals surface area contributed by atoms with Gasteiger partial charge in [-0.05, 0) is 29.8 Å². The highest BCUT2D eigenvalue weighted by molar-refractivity contribution is 7.99. The van der Waals surface area contributed by atoms with Crippen LogP contribution in [0.4, 0.5) is 0 Å². The van der Waals surface area contributed by atoms with Gasteiger partial charge in [0, 0.05) is 9.79 Å². The minimum absolute atomic E-state index is 0.0289. The molecule has 0 amide bonds. The normalized spacial score (nSPS) is 9.88. The largest absolute Gasteiger partial charge is 0.392 e. The molecule has 84 valence electrons. The van der Waals surface area contributed by atoms with Crippen LogP contribution in [0.3, 0.4) is 0 Å². The molecule has 2 aromatic rings. The predicted molar refractivity (Wildman–Crippen MR) is 67.6 cm³/mol. The highest BCUT2D eigenvalue weighted by Gasteiger charge is 2.03. The van der Waals surface area contributed by atoms with Gasteiger partial charge in [-0.1, -0.05) is 36.0 Å². The van der Waals surface area contributed by atoms with Crippen LogP contribution in [-0.4, -0.2) is 5.11 Å². The van der Waals surface area contributed by atoms with Gasteiger partial charge in [0.1, 0.15) is 0 Å². The SMILES string of the molecule is N#Cc1cccc(Sc2ccccc2CO)c1. The van der Waals surface area contributed by atoms with E-state index in [0.29, 0.717) is 5.56 Å². The summed E-state index contributed by atoms with van der Waals surface area (Å²) in [5, 5.41) is 18.1. The van der Waals surface area contributed by atoms with E-state index in [1.54, 1.807) is 17.8 Å². The van der Waals surface area contributed by atoms with Crippen LogP contribution < -0.4 is 0 Å². The van der Waals surface area contributed by atoms with Crippen molar-refractivity contribution in [1.82, 2.24) is 0 Å². The van der Waals surface area contributed by atoms with Crippen molar-refractivity contribution in [3.63, 3.8) is 0 Å². The number of aliphatic hydroxyl groups is 1. The van der Waals surface area contributed by atoms with E-state index < -0.39 is 0 Å². The molecule has 0 heterocycles. The lowest BCUT2D eigenvalue weighted by molar-refractivity contribution is 0.279. The van der Waals surface area contributed by atoms with Gasteiger partial charge in [0.2, 0.25) is 0 Å². The third-order valence-electron chi connectivity index (χ3n) is 2.33. The molecule has 2 aromatic carbocycles. The molecule has 3 heteroatoms. The maximum atomic E-state index is 9.23. The first-order chi connectivity index (χ1) is 8.33. The van der Waals surface area contributed by atoms with Crippen LogP contribution in [0.15, 0.2) is 58.3 Å². The second kappa shape index (κ2) is 5.53. The van der Waals surface area contributed by atoms with Crippen molar-refractivity contribution in [2.45, 2.75) is 16.4 Å². The molecule has 0 saturated carbocycles. The summed E-state index contributed by atoms with van der Waals surface area (Å²) in [7, 11) is 0. The van der Waals surface area contributed by atoms with E-state index in [1.165, 1.54) is 0 Å². The summed E-state index contributed by atoms with van der Waals surface area (Å²) in [5.74, 6) is 0. The molecule has 0 aliphatic rings. The van der Waals surface area contributed by atoms with Gasteiger partial charge >= 0.3 is 0 Å². The molecule has 2 nitrogen and oxygen atoms in total. The predicted octanol–water partition coefficient (Wildman–Crippen LogP) is 3.20. The molecular formula is C14H11NOS. The van der Waals surface area contributed by atoms with Gasteiger partial charge in [0.15, 0.2) is 0 Å². The Labute approximate surface area is 105 Å². The quantitative estimate of drug-likeness (QED) is 0.897. The second-order valence-electron chi connectivity index (χ2n) is 3.51. The number of hydrogen-bond acceptors (Lipinski definition) is 3. The molecule has 0 bridgehead atoms. The number of benzene rings is 2. The van der Waals surface area contributed by atoms with Crippen molar-refractivity contribution in [2.24, 2.45) is 0 Å². The number of rotatable bonds is 3. The first-order valence-corrected chi connectivity index (χ1v) is 6.02. The van der Waals surface area contributed by atoms with Crippen LogP contribution in [0, 0.1) is 11.3 Å². The van der Waals surface area contributed by atoms with Crippen molar-refractivity contribution >= 4 is 11.8 Å². The molecule has 0 radical (unpaired) electrons. The third-order valence-corrected chi connectivity index (χ3v) is 3.44. The van der Waals surface area contributed by atoms with Crippen LogP contribution in [0.2, 0.25) is 0 Å². The second-order valence-corrected chi connectivity index (χ2v) is 4.62. The average molecular weight is 241 g/mol. The monoisotopic (exact) mass is 241 g/mol. The van der Waals surface area contributed by atoms with E-state index in [0.717, 1.165) is 15.4 Å². The molecule has 0 aliphatic heterocycles. The summed E-state index contributed by atoms with van der Waals surface area (Å²) in [4.78, 5) is 2.02. The topological polar surface area (TPSA) is 44.0 Å². The summed E-state index contributed by atoms with van der Waals surface area (Å²) in [6.07, 6.45) is 0. The highest BCUT2D eigenvalue weighted by Crippen LogP contribution is 2.30. The lowest BCUT2D eigenvalue weighted by Gasteiger charge is -2.06. The summed E-state index contributed by atoms with van der Waals surface area (Å²) in [6, 6.07) is 17.3. The van der Waals surface area contributed by atoms with Crippen LogP contribution >= 0.6 is 11.8 Å². The molecule has 17 heavy (non-hydrogen) atoms. The number of nitriles is 1. The third kappa shape index (κ3) is 2.88. The van der Waals surface area contributed by atoms with Gasteiger partial charge in [-0.15, -0.1) is 0 Å². The van der Waals surface area contributed by atoms with Crippen molar-refractivity contribution in [3.8, 4) is 6.07 Å². The molecule has 0 fully saturated rings. The maximum absolute atomic E-state index is 9.23. The maximum Gasteiger partial charge on any atom is 0.0992 e. The first-order valence-electron chi connectivity index (χ1n) is 5.20. The van der Waals surface area contributed by atoms with Crippen molar-refractivity contribution in [1.29, 1.82) is 5.26 Å². The Bertz CT molecular complexity index is 560. The standard InChI is InChI=1S/C14H11NOS/c15-9-11-4-3-6-13(8-11)17-14-7-2-1-5-12(14)10-16/h1-8,16H,10H2. The lowest BCUT2D eigenvalue weighted by atomic mass is 10.2. The fourth-order valence-electron chi connectivity index (χ4n) is 1.49. The molecule has 2 rings (SSSR count). The number of nitrogens with zero attached hydrogens (tertiary/aromatic N) is 1. The minimum Gasteiger partial charge on any atom is -0.392 e. The van der Waals surface area contributed by atoms with Crippen molar-refractivity contribution in [2.75, 3.05) is 0 Å². The van der Waals surface area contributed by atoms with Crippen molar-refractivity contribution in [3.05, 3.63) is 59.7 Å². The van der Waals surface area contributed by atoms with Gasteiger partial charge < -0.3 is 5.11 Å². The molecule has 0 unspecified atom stereocenters. The van der Waals surface area contributed by atoms with Crippen LogP contribution in [0.5, 0.6) is 0 Å². The minimum atomic E-state index is 0.0289. The Hall–Kier alpha value is -1.76. The van der Waals surface area contributed by atoms with E-state index in [-0.39, 0.29) is 6.61 Å². The molecule has 0 aliphatic carbocycles. The highest BCUT2D eigenvalue weighted by atomic mass is 32.2. The zero-order valence-corrected chi connectivity index (χ0v) is 9.95. The van der Waals surface area contributed by atoms with Gasteiger partial charge in [-0.25, -0.2) is 0 Å². The molecule has 0 spiro atoms. The summed E-state index contributed by atoms with van der Waals surface area (Å²) in [6.45, 7) is 0.0289. The van der Waals surface area contributed by atoms with Crippen LogP contribution in [0.25, 0.3) is 0 Å². The van der Waals surface area contributed by atoms with E-state index in [2.05, 4.69) is 6.07 Å². The van der Waals surface area contributed by atoms with Crippen LogP contribution in [-0.2, 0) is 6.61 Å². The Kier molecular flexibility index (Phi) is 3.81. The molecule has 0 saturated heterocycles. The van der Waals surface area contributed by atoms with Gasteiger partial charge in [0.05, 0.1) is 18.2 Å². The fourth-order valence-corrected chi connectivity index (χ4v) is 2.49. The van der Waals surface area contributed by atoms with E-state index >= 15 is 0 Å². The molecule has 0 atom stereocenters. The number of aliphatic hydroxyl groups excluding tert-OH is 1. The van der Waals surface area contributed by atoms with E-state index in [1.807, 2.05) is 42.5 Å². The zero-order valence-electron chi connectivity index (χ0n) is 9.13. The van der Waals surface area contributed by atoms with E-state index in [4.69, 9.17) is 5.26 Å². The van der Waals surface area contributed by atoms with Crippen molar-refractivity contribution < 1.29 is 5.11 Å². The fraction of sp³-hybridized carbons (Fsp3) is 0.0714. The van der Waals surface area contributed by atoms with Gasteiger partial charge in [-0.3, -0.25) is 0 Å². The van der Waals surface area contributed by atoms with Gasteiger partial charge in [0.25, 0.3) is 0 Å². The van der Waals surface area contributed by atoms with Gasteiger partial charge in [-0.2, -0.15) is 5.26 Å². The molecule has 0 aromatic heterocycles. The Morgan fingerprint density at radius 2 is 1.94 bits per heavy atom.